The second-order valence-electron chi connectivity index (χ2n) is 3.60. The summed E-state index contributed by atoms with van der Waals surface area (Å²) in [5, 5.41) is 10.7. The van der Waals surface area contributed by atoms with Crippen molar-refractivity contribution < 1.29 is 9.66 Å². The Bertz CT molecular complexity index is 390. The predicted molar refractivity (Wildman–Crippen MR) is 59.0 cm³/mol. The fraction of sp³-hybridized carbons (Fsp3) is 0.400. The van der Waals surface area contributed by atoms with Crippen LogP contribution in [-0.2, 0) is 0 Å². The minimum absolute atomic E-state index is 0.0185. The summed E-state index contributed by atoms with van der Waals surface area (Å²) >= 11 is 3.26. The molecule has 0 N–H and O–H groups in total. The Morgan fingerprint density at radius 1 is 1.53 bits per heavy atom. The van der Waals surface area contributed by atoms with Crippen LogP contribution in [0.3, 0.4) is 0 Å². The fourth-order valence-electron chi connectivity index (χ4n) is 1.27. The van der Waals surface area contributed by atoms with Crippen LogP contribution in [0, 0.1) is 16.0 Å². The van der Waals surface area contributed by atoms with Gasteiger partial charge < -0.3 is 4.74 Å². The van der Waals surface area contributed by atoms with Crippen molar-refractivity contribution in [3.05, 3.63) is 32.8 Å². The third-order valence-corrected chi connectivity index (χ3v) is 2.93. The lowest BCUT2D eigenvalue weighted by Gasteiger charge is -2.07. The Labute approximate surface area is 95.5 Å². The van der Waals surface area contributed by atoms with Crippen molar-refractivity contribution >= 4 is 21.6 Å². The average molecular weight is 272 g/mol. The van der Waals surface area contributed by atoms with Gasteiger partial charge in [-0.3, -0.25) is 10.1 Å². The molecule has 15 heavy (non-hydrogen) atoms. The predicted octanol–water partition coefficient (Wildman–Crippen LogP) is 3.15. The number of hydrogen-bond donors (Lipinski definition) is 0. The lowest BCUT2D eigenvalue weighted by molar-refractivity contribution is -0.386. The molecule has 5 heteroatoms. The fourth-order valence-corrected chi connectivity index (χ4v) is 1.74. The van der Waals surface area contributed by atoms with E-state index in [0.717, 1.165) is 12.8 Å². The van der Waals surface area contributed by atoms with Crippen LogP contribution in [0.4, 0.5) is 5.69 Å². The van der Waals surface area contributed by atoms with Gasteiger partial charge in [0, 0.05) is 6.07 Å². The van der Waals surface area contributed by atoms with Gasteiger partial charge in [0.15, 0.2) is 0 Å². The third-order valence-electron chi connectivity index (χ3n) is 2.30. The number of ether oxygens (including phenoxy) is 1. The zero-order chi connectivity index (χ0) is 10.8. The zero-order valence-electron chi connectivity index (χ0n) is 7.98. The summed E-state index contributed by atoms with van der Waals surface area (Å²) in [6.07, 6.45) is 2.33. The van der Waals surface area contributed by atoms with E-state index in [9.17, 15) is 10.1 Å². The average Bonchev–Trinajstić information content (AvgIpc) is 2.99. The molecule has 80 valence electrons. The second kappa shape index (κ2) is 4.18. The number of hydrogen-bond acceptors (Lipinski definition) is 3. The Morgan fingerprint density at radius 3 is 2.87 bits per heavy atom. The molecule has 0 saturated heterocycles. The van der Waals surface area contributed by atoms with E-state index < -0.39 is 4.92 Å². The molecule has 1 aromatic carbocycles. The first-order valence-electron chi connectivity index (χ1n) is 4.74. The van der Waals surface area contributed by atoms with Crippen LogP contribution in [0.25, 0.3) is 0 Å². The highest BCUT2D eigenvalue weighted by Crippen LogP contribution is 2.37. The van der Waals surface area contributed by atoms with E-state index in [4.69, 9.17) is 4.74 Å². The first-order chi connectivity index (χ1) is 7.18. The molecule has 0 radical (unpaired) electrons. The Kier molecular flexibility index (Phi) is 2.90. The van der Waals surface area contributed by atoms with E-state index in [1.54, 1.807) is 12.1 Å². The molecule has 0 atom stereocenters. The van der Waals surface area contributed by atoms with Crippen molar-refractivity contribution in [2.45, 2.75) is 12.8 Å². The maximum Gasteiger partial charge on any atom is 0.312 e. The molecule has 1 aromatic rings. The molecule has 1 aliphatic carbocycles. The summed E-state index contributed by atoms with van der Waals surface area (Å²) in [4.78, 5) is 10.3. The number of benzene rings is 1. The minimum Gasteiger partial charge on any atom is -0.486 e. The molecule has 1 saturated carbocycles. The van der Waals surface area contributed by atoms with Crippen molar-refractivity contribution in [1.29, 1.82) is 0 Å². The normalized spacial score (nSPS) is 15.0. The van der Waals surface area contributed by atoms with Gasteiger partial charge in [0.2, 0.25) is 5.75 Å². The smallest absolute Gasteiger partial charge is 0.312 e. The SMILES string of the molecule is O=[N+]([O-])c1cccc(Br)c1OCC1CC1. The summed E-state index contributed by atoms with van der Waals surface area (Å²) in [6.45, 7) is 0.573. The van der Waals surface area contributed by atoms with Crippen molar-refractivity contribution in [3.8, 4) is 5.75 Å². The first-order valence-corrected chi connectivity index (χ1v) is 5.53. The van der Waals surface area contributed by atoms with Gasteiger partial charge in [-0.15, -0.1) is 0 Å². The van der Waals surface area contributed by atoms with Crippen LogP contribution >= 0.6 is 15.9 Å². The summed E-state index contributed by atoms with van der Waals surface area (Å²) < 4.78 is 6.10. The van der Waals surface area contributed by atoms with E-state index in [-0.39, 0.29) is 5.69 Å². The van der Waals surface area contributed by atoms with Gasteiger partial charge in [-0.05, 0) is 40.8 Å². The van der Waals surface area contributed by atoms with E-state index in [2.05, 4.69) is 15.9 Å². The third kappa shape index (κ3) is 2.47. The van der Waals surface area contributed by atoms with E-state index >= 15 is 0 Å². The lowest BCUT2D eigenvalue weighted by atomic mass is 10.3. The van der Waals surface area contributed by atoms with Gasteiger partial charge in [0.1, 0.15) is 0 Å². The van der Waals surface area contributed by atoms with Crippen LogP contribution in [0.15, 0.2) is 22.7 Å². The number of halogens is 1. The molecule has 4 nitrogen and oxygen atoms in total. The van der Waals surface area contributed by atoms with E-state index in [0.29, 0.717) is 22.7 Å². The van der Waals surface area contributed by atoms with Gasteiger partial charge >= 0.3 is 5.69 Å². The van der Waals surface area contributed by atoms with Crippen LogP contribution in [0.1, 0.15) is 12.8 Å². The van der Waals surface area contributed by atoms with Crippen LogP contribution in [0.2, 0.25) is 0 Å². The highest BCUT2D eigenvalue weighted by atomic mass is 79.9. The Morgan fingerprint density at radius 2 is 2.27 bits per heavy atom. The highest BCUT2D eigenvalue weighted by Gasteiger charge is 2.25. The van der Waals surface area contributed by atoms with Crippen molar-refractivity contribution in [2.24, 2.45) is 5.92 Å². The summed E-state index contributed by atoms with van der Waals surface area (Å²) in [6, 6.07) is 4.83. The van der Waals surface area contributed by atoms with Gasteiger partial charge in [0.25, 0.3) is 0 Å². The largest absolute Gasteiger partial charge is 0.486 e. The van der Waals surface area contributed by atoms with Crippen LogP contribution < -0.4 is 4.74 Å². The topological polar surface area (TPSA) is 52.4 Å². The van der Waals surface area contributed by atoms with Crippen molar-refractivity contribution in [2.75, 3.05) is 6.61 Å². The van der Waals surface area contributed by atoms with Gasteiger partial charge in [-0.25, -0.2) is 0 Å². The molecule has 1 fully saturated rings. The zero-order valence-corrected chi connectivity index (χ0v) is 9.57. The molecule has 0 aliphatic heterocycles. The summed E-state index contributed by atoms with van der Waals surface area (Å²) in [5.41, 5.74) is 0.0185. The molecular weight excluding hydrogens is 262 g/mol. The maximum atomic E-state index is 10.7. The van der Waals surface area contributed by atoms with Gasteiger partial charge in [-0.2, -0.15) is 0 Å². The van der Waals surface area contributed by atoms with Crippen molar-refractivity contribution in [1.82, 2.24) is 0 Å². The number of para-hydroxylation sites is 1. The highest BCUT2D eigenvalue weighted by molar-refractivity contribution is 9.10. The lowest BCUT2D eigenvalue weighted by Crippen LogP contribution is -2.02. The molecule has 0 spiro atoms. The minimum atomic E-state index is -0.424. The number of nitro groups is 1. The Hall–Kier alpha value is -1.10. The van der Waals surface area contributed by atoms with Crippen molar-refractivity contribution in [3.63, 3.8) is 0 Å². The monoisotopic (exact) mass is 271 g/mol. The van der Waals surface area contributed by atoms with Gasteiger partial charge in [-0.1, -0.05) is 6.07 Å². The molecule has 2 rings (SSSR count). The summed E-state index contributed by atoms with van der Waals surface area (Å²) in [5.74, 6) is 0.922. The molecule has 0 amide bonds. The molecular formula is C10H10BrNO3. The number of rotatable bonds is 4. The van der Waals surface area contributed by atoms with Crippen LogP contribution in [0.5, 0.6) is 5.75 Å². The number of nitro benzene ring substituents is 1. The van der Waals surface area contributed by atoms with E-state index in [1.165, 1.54) is 6.07 Å². The molecule has 0 bridgehead atoms. The van der Waals surface area contributed by atoms with Crippen LogP contribution in [-0.4, -0.2) is 11.5 Å². The number of nitrogens with zero attached hydrogens (tertiary/aromatic N) is 1. The standard InChI is InChI=1S/C10H10BrNO3/c11-8-2-1-3-9(12(13)14)10(8)15-6-7-4-5-7/h1-3,7H,4-6H2. The molecule has 0 aromatic heterocycles. The van der Waals surface area contributed by atoms with E-state index in [1.807, 2.05) is 0 Å². The molecule has 0 unspecified atom stereocenters. The Balaban J connectivity index is 2.20. The van der Waals surface area contributed by atoms with Gasteiger partial charge in [0.05, 0.1) is 16.0 Å². The molecule has 1 aliphatic rings. The maximum absolute atomic E-state index is 10.7. The quantitative estimate of drug-likeness (QED) is 0.625. The molecule has 0 heterocycles. The first kappa shape index (κ1) is 10.4. The summed E-state index contributed by atoms with van der Waals surface area (Å²) in [7, 11) is 0. The second-order valence-corrected chi connectivity index (χ2v) is 4.45.